The van der Waals surface area contributed by atoms with E-state index in [0.29, 0.717) is 22.6 Å². The van der Waals surface area contributed by atoms with Crippen LogP contribution in [0.15, 0.2) is 42.5 Å². The Balaban J connectivity index is 2.31. The normalized spacial score (nSPS) is 9.90. The van der Waals surface area contributed by atoms with Crippen molar-refractivity contribution < 1.29 is 19.1 Å². The zero-order valence-corrected chi connectivity index (χ0v) is 11.4. The molecule has 2 aromatic carbocycles. The summed E-state index contributed by atoms with van der Waals surface area (Å²) in [5.74, 6) is -0.170. The SMILES string of the molecule is COc1cccc(C=O)c1OC(=O)c1ccc(Cl)cc1. The number of methoxy groups -OCH3 is 1. The van der Waals surface area contributed by atoms with E-state index in [1.165, 1.54) is 7.11 Å². The third-order valence-electron chi connectivity index (χ3n) is 2.63. The predicted molar refractivity (Wildman–Crippen MR) is 74.8 cm³/mol. The molecule has 0 aliphatic heterocycles. The van der Waals surface area contributed by atoms with E-state index in [2.05, 4.69) is 0 Å². The van der Waals surface area contributed by atoms with Gasteiger partial charge in [-0.05, 0) is 36.4 Å². The number of carbonyl (C=O) groups excluding carboxylic acids is 2. The number of hydrogen-bond acceptors (Lipinski definition) is 4. The van der Waals surface area contributed by atoms with Crippen molar-refractivity contribution >= 4 is 23.9 Å². The number of aldehydes is 1. The van der Waals surface area contributed by atoms with Crippen molar-refractivity contribution in [2.45, 2.75) is 0 Å². The molecule has 0 atom stereocenters. The Morgan fingerprint density at radius 2 is 1.85 bits per heavy atom. The first-order chi connectivity index (χ1) is 9.65. The van der Waals surface area contributed by atoms with E-state index in [4.69, 9.17) is 21.1 Å². The molecule has 0 amide bonds. The molecule has 0 aromatic heterocycles. The summed E-state index contributed by atoms with van der Waals surface area (Å²) < 4.78 is 10.3. The van der Waals surface area contributed by atoms with Crippen molar-refractivity contribution in [1.29, 1.82) is 0 Å². The first kappa shape index (κ1) is 14.1. The van der Waals surface area contributed by atoms with Crippen molar-refractivity contribution in [2.24, 2.45) is 0 Å². The van der Waals surface area contributed by atoms with Crippen LogP contribution in [0.4, 0.5) is 0 Å². The summed E-state index contributed by atoms with van der Waals surface area (Å²) in [4.78, 5) is 23.0. The maximum Gasteiger partial charge on any atom is 0.343 e. The lowest BCUT2D eigenvalue weighted by atomic mass is 10.2. The molecule has 0 fully saturated rings. The molecule has 0 unspecified atom stereocenters. The number of benzene rings is 2. The third-order valence-corrected chi connectivity index (χ3v) is 2.88. The Hall–Kier alpha value is -2.33. The van der Waals surface area contributed by atoms with E-state index in [1.54, 1.807) is 42.5 Å². The maximum absolute atomic E-state index is 12.0. The van der Waals surface area contributed by atoms with Gasteiger partial charge in [-0.3, -0.25) is 4.79 Å². The van der Waals surface area contributed by atoms with Gasteiger partial charge in [-0.15, -0.1) is 0 Å². The predicted octanol–water partition coefficient (Wildman–Crippen LogP) is 3.38. The average Bonchev–Trinajstić information content (AvgIpc) is 2.48. The average molecular weight is 291 g/mol. The van der Waals surface area contributed by atoms with E-state index in [1.807, 2.05) is 0 Å². The summed E-state index contributed by atoms with van der Waals surface area (Å²) in [5.41, 5.74) is 0.573. The molecule has 4 nitrogen and oxygen atoms in total. The van der Waals surface area contributed by atoms with Gasteiger partial charge in [0.15, 0.2) is 17.8 Å². The standard InChI is InChI=1S/C15H11ClO4/c1-19-13-4-2-3-11(9-17)14(13)20-15(18)10-5-7-12(16)8-6-10/h2-9H,1H3. The lowest BCUT2D eigenvalue weighted by Crippen LogP contribution is -2.10. The van der Waals surface area contributed by atoms with Gasteiger partial charge in [-0.2, -0.15) is 0 Å². The van der Waals surface area contributed by atoms with Crippen molar-refractivity contribution in [3.63, 3.8) is 0 Å². The molecular formula is C15H11ClO4. The first-order valence-electron chi connectivity index (χ1n) is 5.75. The molecule has 102 valence electrons. The Bertz CT molecular complexity index is 635. The topological polar surface area (TPSA) is 52.6 Å². The number of rotatable bonds is 4. The van der Waals surface area contributed by atoms with Crippen LogP contribution in [0.5, 0.6) is 11.5 Å². The van der Waals surface area contributed by atoms with Gasteiger partial charge in [0, 0.05) is 5.02 Å². The lowest BCUT2D eigenvalue weighted by Gasteiger charge is -2.11. The monoisotopic (exact) mass is 290 g/mol. The molecule has 0 heterocycles. The zero-order valence-electron chi connectivity index (χ0n) is 10.6. The van der Waals surface area contributed by atoms with Gasteiger partial charge in [0.1, 0.15) is 0 Å². The van der Waals surface area contributed by atoms with Gasteiger partial charge in [0.25, 0.3) is 0 Å². The number of ether oxygens (including phenoxy) is 2. The van der Waals surface area contributed by atoms with Crippen LogP contribution in [0.3, 0.4) is 0 Å². The zero-order chi connectivity index (χ0) is 14.5. The number of para-hydroxylation sites is 1. The van der Waals surface area contributed by atoms with Crippen molar-refractivity contribution in [1.82, 2.24) is 0 Å². The highest BCUT2D eigenvalue weighted by Crippen LogP contribution is 2.30. The highest BCUT2D eigenvalue weighted by molar-refractivity contribution is 6.30. The van der Waals surface area contributed by atoms with Crippen molar-refractivity contribution in [3.05, 3.63) is 58.6 Å². The number of esters is 1. The van der Waals surface area contributed by atoms with E-state index in [9.17, 15) is 9.59 Å². The Labute approximate surface area is 120 Å². The van der Waals surface area contributed by atoms with Crippen molar-refractivity contribution in [3.8, 4) is 11.5 Å². The van der Waals surface area contributed by atoms with Crippen LogP contribution in [-0.2, 0) is 0 Å². The molecule has 0 saturated carbocycles. The Morgan fingerprint density at radius 1 is 1.15 bits per heavy atom. The van der Waals surface area contributed by atoms with E-state index in [-0.39, 0.29) is 11.3 Å². The van der Waals surface area contributed by atoms with Gasteiger partial charge in [-0.25, -0.2) is 4.79 Å². The second-order valence-electron chi connectivity index (χ2n) is 3.89. The molecule has 0 bridgehead atoms. The summed E-state index contributed by atoms with van der Waals surface area (Å²) in [7, 11) is 1.43. The summed E-state index contributed by atoms with van der Waals surface area (Å²) in [6.07, 6.45) is 0.604. The van der Waals surface area contributed by atoms with Crippen molar-refractivity contribution in [2.75, 3.05) is 7.11 Å². The fourth-order valence-electron chi connectivity index (χ4n) is 1.63. The summed E-state index contributed by atoms with van der Waals surface area (Å²) >= 11 is 5.75. The molecule has 2 aromatic rings. The van der Waals surface area contributed by atoms with E-state index >= 15 is 0 Å². The smallest absolute Gasteiger partial charge is 0.343 e. The summed E-state index contributed by atoms with van der Waals surface area (Å²) in [6, 6.07) is 11.0. The molecule has 2 rings (SSSR count). The molecule has 5 heteroatoms. The highest BCUT2D eigenvalue weighted by atomic mass is 35.5. The number of carbonyl (C=O) groups is 2. The minimum Gasteiger partial charge on any atom is -0.493 e. The minimum absolute atomic E-state index is 0.102. The van der Waals surface area contributed by atoms with Gasteiger partial charge >= 0.3 is 5.97 Å². The van der Waals surface area contributed by atoms with Crippen LogP contribution >= 0.6 is 11.6 Å². The van der Waals surface area contributed by atoms with Crippen LogP contribution in [0.1, 0.15) is 20.7 Å². The minimum atomic E-state index is -0.589. The Kier molecular flexibility index (Phi) is 4.38. The summed E-state index contributed by atoms with van der Waals surface area (Å²) in [5, 5.41) is 0.521. The molecule has 20 heavy (non-hydrogen) atoms. The Morgan fingerprint density at radius 3 is 2.45 bits per heavy atom. The van der Waals surface area contributed by atoms with Crippen LogP contribution in [0.25, 0.3) is 0 Å². The van der Waals surface area contributed by atoms with Gasteiger partial charge in [0.2, 0.25) is 0 Å². The first-order valence-corrected chi connectivity index (χ1v) is 6.13. The summed E-state index contributed by atoms with van der Waals surface area (Å²) in [6.45, 7) is 0. The number of hydrogen-bond donors (Lipinski definition) is 0. The lowest BCUT2D eigenvalue weighted by molar-refractivity contribution is 0.0728. The fraction of sp³-hybridized carbons (Fsp3) is 0.0667. The largest absolute Gasteiger partial charge is 0.493 e. The molecule has 0 saturated heterocycles. The fourth-order valence-corrected chi connectivity index (χ4v) is 1.76. The van der Waals surface area contributed by atoms with Gasteiger partial charge < -0.3 is 9.47 Å². The van der Waals surface area contributed by atoms with Gasteiger partial charge in [-0.1, -0.05) is 17.7 Å². The maximum atomic E-state index is 12.0. The van der Waals surface area contributed by atoms with E-state index in [0.717, 1.165) is 0 Å². The second-order valence-corrected chi connectivity index (χ2v) is 4.33. The van der Waals surface area contributed by atoms with E-state index < -0.39 is 5.97 Å². The number of halogens is 1. The molecular weight excluding hydrogens is 280 g/mol. The molecule has 0 spiro atoms. The molecule has 0 radical (unpaired) electrons. The van der Waals surface area contributed by atoms with Gasteiger partial charge in [0.05, 0.1) is 18.2 Å². The quantitative estimate of drug-likeness (QED) is 0.492. The molecule has 0 aliphatic carbocycles. The molecule has 0 N–H and O–H groups in total. The van der Waals surface area contributed by atoms with Crippen LogP contribution in [-0.4, -0.2) is 19.4 Å². The highest BCUT2D eigenvalue weighted by Gasteiger charge is 2.15. The molecule has 0 aliphatic rings. The second kappa shape index (κ2) is 6.21. The van der Waals surface area contributed by atoms with Crippen LogP contribution < -0.4 is 9.47 Å². The van der Waals surface area contributed by atoms with Crippen LogP contribution in [0.2, 0.25) is 5.02 Å². The third kappa shape index (κ3) is 2.97. The van der Waals surface area contributed by atoms with Crippen LogP contribution in [0, 0.1) is 0 Å².